The number of carbonyl (C=O) groups is 1. The molecule has 0 unspecified atom stereocenters. The third-order valence-corrected chi connectivity index (χ3v) is 3.87. The highest BCUT2D eigenvalue weighted by Crippen LogP contribution is 2.30. The second-order valence-corrected chi connectivity index (χ2v) is 5.27. The van der Waals surface area contributed by atoms with Gasteiger partial charge < -0.3 is 4.52 Å². The lowest BCUT2D eigenvalue weighted by molar-refractivity contribution is 0.108. The maximum absolute atomic E-state index is 11.5. The molecule has 0 spiro atoms. The van der Waals surface area contributed by atoms with Gasteiger partial charge in [0.2, 0.25) is 0 Å². The van der Waals surface area contributed by atoms with Crippen LogP contribution in [0.5, 0.6) is 0 Å². The second kappa shape index (κ2) is 4.82. The molecule has 0 aliphatic heterocycles. The smallest absolute Gasteiger partial charge is 0.258 e. The van der Waals surface area contributed by atoms with E-state index in [9.17, 15) is 4.79 Å². The first-order chi connectivity index (χ1) is 9.16. The number of hydrogen-bond acceptors (Lipinski definition) is 3. The highest BCUT2D eigenvalue weighted by atomic mass is 35.5. The zero-order valence-electron chi connectivity index (χ0n) is 10.7. The first kappa shape index (κ1) is 12.4. The van der Waals surface area contributed by atoms with Gasteiger partial charge in [-0.05, 0) is 61.4 Å². The van der Waals surface area contributed by atoms with E-state index >= 15 is 0 Å². The molecule has 3 rings (SSSR count). The number of aromatic nitrogens is 1. The zero-order valence-corrected chi connectivity index (χ0v) is 11.5. The van der Waals surface area contributed by atoms with Crippen molar-refractivity contribution in [2.75, 3.05) is 0 Å². The molecular weight excluding hydrogens is 262 g/mol. The third-order valence-electron chi connectivity index (χ3n) is 3.68. The minimum absolute atomic E-state index is 0.373. The Balaban J connectivity index is 2.10. The summed E-state index contributed by atoms with van der Waals surface area (Å²) < 4.78 is 5.10. The van der Waals surface area contributed by atoms with Crippen molar-refractivity contribution >= 4 is 16.8 Å². The minimum atomic E-state index is -0.522. The molecule has 1 aliphatic rings. The van der Waals surface area contributed by atoms with Gasteiger partial charge in [-0.25, -0.2) is 0 Å². The van der Waals surface area contributed by atoms with Crippen molar-refractivity contribution in [1.29, 1.82) is 0 Å². The largest absolute Gasteiger partial charge is 0.360 e. The van der Waals surface area contributed by atoms with Crippen molar-refractivity contribution in [3.05, 3.63) is 40.6 Å². The summed E-state index contributed by atoms with van der Waals surface area (Å²) >= 11 is 5.61. The molecule has 1 aromatic carbocycles. The molecule has 0 atom stereocenters. The van der Waals surface area contributed by atoms with E-state index in [1.54, 1.807) is 6.92 Å². The van der Waals surface area contributed by atoms with Crippen LogP contribution in [0, 0.1) is 6.92 Å². The Morgan fingerprint density at radius 3 is 2.74 bits per heavy atom. The SMILES string of the molecule is Cc1onc(-c2ccc3c(c2)CCCC3)c1C(=O)Cl. The number of nitrogens with zero attached hydrogens (tertiary/aromatic N) is 1. The van der Waals surface area contributed by atoms with Crippen molar-refractivity contribution in [1.82, 2.24) is 5.16 Å². The molecule has 98 valence electrons. The Morgan fingerprint density at radius 2 is 2.00 bits per heavy atom. The predicted molar refractivity (Wildman–Crippen MR) is 73.5 cm³/mol. The lowest BCUT2D eigenvalue weighted by Gasteiger charge is -2.16. The van der Waals surface area contributed by atoms with Gasteiger partial charge in [0.25, 0.3) is 5.24 Å². The van der Waals surface area contributed by atoms with Crippen LogP contribution in [0.3, 0.4) is 0 Å². The summed E-state index contributed by atoms with van der Waals surface area (Å²) in [5, 5.41) is 3.45. The summed E-state index contributed by atoms with van der Waals surface area (Å²) in [5.41, 5.74) is 4.57. The molecule has 0 saturated heterocycles. The van der Waals surface area contributed by atoms with Crippen molar-refractivity contribution in [2.24, 2.45) is 0 Å². The van der Waals surface area contributed by atoms with E-state index in [0.717, 1.165) is 18.4 Å². The van der Waals surface area contributed by atoms with Crippen LogP contribution in [0.25, 0.3) is 11.3 Å². The summed E-state index contributed by atoms with van der Waals surface area (Å²) in [4.78, 5) is 11.5. The van der Waals surface area contributed by atoms with E-state index in [2.05, 4.69) is 17.3 Å². The summed E-state index contributed by atoms with van der Waals surface area (Å²) in [6, 6.07) is 6.22. The second-order valence-electron chi connectivity index (χ2n) is 4.93. The van der Waals surface area contributed by atoms with Gasteiger partial charge in [0, 0.05) is 5.56 Å². The fourth-order valence-electron chi connectivity index (χ4n) is 2.68. The minimum Gasteiger partial charge on any atom is -0.360 e. The Labute approximate surface area is 116 Å². The molecule has 1 heterocycles. The Morgan fingerprint density at radius 1 is 1.26 bits per heavy atom. The van der Waals surface area contributed by atoms with E-state index in [-0.39, 0.29) is 0 Å². The van der Waals surface area contributed by atoms with Crippen LogP contribution < -0.4 is 0 Å². The number of hydrogen-bond donors (Lipinski definition) is 0. The summed E-state index contributed by atoms with van der Waals surface area (Å²) in [6.45, 7) is 1.70. The van der Waals surface area contributed by atoms with Gasteiger partial charge in [0.05, 0.1) is 0 Å². The number of benzene rings is 1. The molecule has 0 N–H and O–H groups in total. The number of halogens is 1. The van der Waals surface area contributed by atoms with Crippen molar-refractivity contribution in [3.8, 4) is 11.3 Å². The number of fused-ring (bicyclic) bond motifs is 1. The summed E-state index contributed by atoms with van der Waals surface area (Å²) in [5.74, 6) is 0.465. The standard InChI is InChI=1S/C15H14ClNO2/c1-9-13(15(16)18)14(17-19-9)12-7-6-10-4-2-3-5-11(10)8-12/h6-8H,2-5H2,1H3. The van der Waals surface area contributed by atoms with Gasteiger partial charge >= 0.3 is 0 Å². The van der Waals surface area contributed by atoms with E-state index in [1.807, 2.05) is 6.07 Å². The lowest BCUT2D eigenvalue weighted by Crippen LogP contribution is -2.03. The Hall–Kier alpha value is -1.61. The first-order valence-corrected chi connectivity index (χ1v) is 6.83. The van der Waals surface area contributed by atoms with Gasteiger partial charge in [-0.3, -0.25) is 4.79 Å². The van der Waals surface area contributed by atoms with Crippen molar-refractivity contribution in [2.45, 2.75) is 32.6 Å². The maximum Gasteiger partial charge on any atom is 0.258 e. The van der Waals surface area contributed by atoms with Gasteiger partial charge in [-0.2, -0.15) is 0 Å². The highest BCUT2D eigenvalue weighted by molar-refractivity contribution is 6.68. The molecule has 0 bridgehead atoms. The molecule has 1 aliphatic carbocycles. The quantitative estimate of drug-likeness (QED) is 0.781. The predicted octanol–water partition coefficient (Wildman–Crippen LogP) is 3.91. The summed E-state index contributed by atoms with van der Waals surface area (Å²) in [7, 11) is 0. The van der Waals surface area contributed by atoms with Crippen LogP contribution in [-0.4, -0.2) is 10.4 Å². The highest BCUT2D eigenvalue weighted by Gasteiger charge is 2.21. The molecule has 1 aromatic heterocycles. The molecule has 19 heavy (non-hydrogen) atoms. The first-order valence-electron chi connectivity index (χ1n) is 6.45. The van der Waals surface area contributed by atoms with Gasteiger partial charge in [-0.15, -0.1) is 0 Å². The van der Waals surface area contributed by atoms with Gasteiger partial charge in [0.1, 0.15) is 17.0 Å². The molecular formula is C15H14ClNO2. The monoisotopic (exact) mass is 275 g/mol. The van der Waals surface area contributed by atoms with Crippen molar-refractivity contribution < 1.29 is 9.32 Å². The van der Waals surface area contributed by atoms with Gasteiger partial charge in [0.15, 0.2) is 0 Å². The van der Waals surface area contributed by atoms with Crippen molar-refractivity contribution in [3.63, 3.8) is 0 Å². The summed E-state index contributed by atoms with van der Waals surface area (Å²) in [6.07, 6.45) is 4.69. The molecule has 0 radical (unpaired) electrons. The van der Waals surface area contributed by atoms with E-state index < -0.39 is 5.24 Å². The van der Waals surface area contributed by atoms with E-state index in [4.69, 9.17) is 16.1 Å². The van der Waals surface area contributed by atoms with Gasteiger partial charge in [-0.1, -0.05) is 17.3 Å². The van der Waals surface area contributed by atoms with Crippen LogP contribution in [0.1, 0.15) is 40.1 Å². The Bertz CT molecular complexity index is 646. The fourth-order valence-corrected chi connectivity index (χ4v) is 2.90. The number of carbonyl (C=O) groups excluding carboxylic acids is 1. The third kappa shape index (κ3) is 2.19. The zero-order chi connectivity index (χ0) is 13.4. The van der Waals surface area contributed by atoms with Crippen LogP contribution in [0.4, 0.5) is 0 Å². The Kier molecular flexibility index (Phi) is 3.15. The topological polar surface area (TPSA) is 43.1 Å². The molecule has 4 heteroatoms. The normalized spacial score (nSPS) is 14.2. The molecule has 3 nitrogen and oxygen atoms in total. The number of rotatable bonds is 2. The molecule has 0 amide bonds. The maximum atomic E-state index is 11.5. The lowest BCUT2D eigenvalue weighted by atomic mass is 9.89. The van der Waals surface area contributed by atoms with E-state index in [0.29, 0.717) is 17.0 Å². The number of aryl methyl sites for hydroxylation is 3. The molecule has 0 fully saturated rings. The van der Waals surface area contributed by atoms with Crippen LogP contribution >= 0.6 is 11.6 Å². The van der Waals surface area contributed by atoms with Crippen LogP contribution in [-0.2, 0) is 12.8 Å². The van der Waals surface area contributed by atoms with E-state index in [1.165, 1.54) is 24.0 Å². The van der Waals surface area contributed by atoms with Crippen LogP contribution in [0.15, 0.2) is 22.7 Å². The average molecular weight is 276 g/mol. The van der Waals surface area contributed by atoms with Crippen LogP contribution in [0.2, 0.25) is 0 Å². The average Bonchev–Trinajstić information content (AvgIpc) is 2.80. The molecule has 2 aromatic rings. The molecule has 0 saturated carbocycles. The fraction of sp³-hybridized carbons (Fsp3) is 0.333.